The Morgan fingerprint density at radius 2 is 1.73 bits per heavy atom. The van der Waals surface area contributed by atoms with E-state index in [2.05, 4.69) is 36.2 Å². The molecule has 1 aliphatic carbocycles. The highest BCUT2D eigenvalue weighted by Crippen LogP contribution is 2.11. The summed E-state index contributed by atoms with van der Waals surface area (Å²) in [5, 5.41) is 8.51. The number of rotatable bonds is 4. The maximum atomic E-state index is 4.26. The van der Waals surface area contributed by atoms with Gasteiger partial charge >= 0.3 is 0 Å². The molecule has 0 aliphatic heterocycles. The summed E-state index contributed by atoms with van der Waals surface area (Å²) in [6.07, 6.45) is 9.38. The van der Waals surface area contributed by atoms with Crippen LogP contribution in [0.4, 0.5) is 0 Å². The Labute approximate surface area is 92.5 Å². The average molecular weight is 204 g/mol. The van der Waals surface area contributed by atoms with E-state index >= 15 is 0 Å². The summed E-state index contributed by atoms with van der Waals surface area (Å²) in [7, 11) is 0. The third-order valence-electron chi connectivity index (χ3n) is 2.31. The van der Waals surface area contributed by atoms with E-state index in [1.54, 1.807) is 0 Å². The van der Waals surface area contributed by atoms with E-state index in [0.29, 0.717) is 11.8 Å². The maximum Gasteiger partial charge on any atom is 0.0481 e. The van der Waals surface area contributed by atoms with Crippen molar-refractivity contribution in [3.63, 3.8) is 0 Å². The largest absolute Gasteiger partial charge is 0.160 e. The molecule has 0 aromatic carbocycles. The Bertz CT molecular complexity index is 307. The van der Waals surface area contributed by atoms with Crippen LogP contribution in [0.15, 0.2) is 34.5 Å². The average Bonchev–Trinajstić information content (AvgIpc) is 2.65. The summed E-state index contributed by atoms with van der Waals surface area (Å²) in [6, 6.07) is 0. The molecule has 0 bridgehead atoms. The molecule has 0 aromatic heterocycles. The molecule has 15 heavy (non-hydrogen) atoms. The van der Waals surface area contributed by atoms with E-state index in [4.69, 9.17) is 0 Å². The third kappa shape index (κ3) is 4.24. The molecule has 0 amide bonds. The van der Waals surface area contributed by atoms with Crippen LogP contribution < -0.4 is 0 Å². The molecular weight excluding hydrogens is 184 g/mol. The standard InChI is InChI=1S/C13H20N2/c1-10(2)9-11(3)14-15-12(4)13-7-5-6-8-13/h5-8,10,13H,9H2,1-4H3/b14-11+,15-12+. The molecule has 2 nitrogen and oxygen atoms in total. The van der Waals surface area contributed by atoms with Crippen LogP contribution in [0.1, 0.15) is 34.1 Å². The molecule has 0 heterocycles. The quantitative estimate of drug-likeness (QED) is 0.493. The zero-order chi connectivity index (χ0) is 11.3. The van der Waals surface area contributed by atoms with Crippen LogP contribution in [0.25, 0.3) is 0 Å². The first-order valence-electron chi connectivity index (χ1n) is 5.52. The SMILES string of the molecule is C/C(CC(C)C)=N\N=C(/C)C1C=CC=C1. The molecule has 82 valence electrons. The van der Waals surface area contributed by atoms with Crippen molar-refractivity contribution in [2.75, 3.05) is 0 Å². The van der Waals surface area contributed by atoms with Gasteiger partial charge < -0.3 is 0 Å². The van der Waals surface area contributed by atoms with Crippen LogP contribution in [0.2, 0.25) is 0 Å². The van der Waals surface area contributed by atoms with Gasteiger partial charge in [0, 0.05) is 17.3 Å². The normalized spacial score (nSPS) is 18.2. The molecule has 1 aliphatic rings. The number of nitrogens with zero attached hydrogens (tertiary/aromatic N) is 2. The van der Waals surface area contributed by atoms with E-state index in [0.717, 1.165) is 17.8 Å². The van der Waals surface area contributed by atoms with Gasteiger partial charge in [-0.15, -0.1) is 0 Å². The zero-order valence-corrected chi connectivity index (χ0v) is 10.1. The first-order chi connectivity index (χ1) is 7.09. The van der Waals surface area contributed by atoms with E-state index in [9.17, 15) is 0 Å². The van der Waals surface area contributed by atoms with E-state index < -0.39 is 0 Å². The summed E-state index contributed by atoms with van der Waals surface area (Å²) >= 11 is 0. The fraction of sp³-hybridized carbons (Fsp3) is 0.538. The van der Waals surface area contributed by atoms with Gasteiger partial charge in [-0.25, -0.2) is 0 Å². The van der Waals surface area contributed by atoms with Crippen LogP contribution in [0, 0.1) is 11.8 Å². The maximum absolute atomic E-state index is 4.26. The fourth-order valence-corrected chi connectivity index (χ4v) is 1.57. The highest BCUT2D eigenvalue weighted by Gasteiger charge is 2.06. The van der Waals surface area contributed by atoms with Crippen molar-refractivity contribution >= 4 is 11.4 Å². The van der Waals surface area contributed by atoms with Crippen molar-refractivity contribution in [1.29, 1.82) is 0 Å². The monoisotopic (exact) mass is 204 g/mol. The fourth-order valence-electron chi connectivity index (χ4n) is 1.57. The van der Waals surface area contributed by atoms with Gasteiger partial charge in [-0.3, -0.25) is 0 Å². The van der Waals surface area contributed by atoms with Gasteiger partial charge in [-0.05, 0) is 26.2 Å². The summed E-state index contributed by atoms with van der Waals surface area (Å²) in [5.74, 6) is 0.996. The van der Waals surface area contributed by atoms with Gasteiger partial charge in [-0.2, -0.15) is 10.2 Å². The second-order valence-electron chi connectivity index (χ2n) is 4.47. The Hall–Kier alpha value is -1.18. The Kier molecular flexibility index (Phi) is 4.47. The number of hydrogen-bond acceptors (Lipinski definition) is 2. The second-order valence-corrected chi connectivity index (χ2v) is 4.47. The molecular formula is C13H20N2. The molecule has 0 N–H and O–H groups in total. The molecule has 0 radical (unpaired) electrons. The summed E-state index contributed by atoms with van der Waals surface area (Å²) in [4.78, 5) is 0. The number of hydrogen-bond donors (Lipinski definition) is 0. The Morgan fingerprint density at radius 3 is 2.27 bits per heavy atom. The summed E-state index contributed by atoms with van der Waals surface area (Å²) in [6.45, 7) is 8.45. The van der Waals surface area contributed by atoms with Crippen LogP contribution >= 0.6 is 0 Å². The summed E-state index contributed by atoms with van der Waals surface area (Å²) < 4.78 is 0. The lowest BCUT2D eigenvalue weighted by Gasteiger charge is -2.04. The molecule has 0 spiro atoms. The van der Waals surface area contributed by atoms with Crippen molar-refractivity contribution in [3.8, 4) is 0 Å². The molecule has 0 saturated heterocycles. The number of allylic oxidation sites excluding steroid dienone is 4. The lowest BCUT2D eigenvalue weighted by molar-refractivity contribution is 0.681. The molecule has 0 atom stereocenters. The van der Waals surface area contributed by atoms with Crippen molar-refractivity contribution in [2.45, 2.75) is 34.1 Å². The van der Waals surface area contributed by atoms with Crippen LogP contribution in [-0.2, 0) is 0 Å². The predicted molar refractivity (Wildman–Crippen MR) is 67.4 cm³/mol. The first-order valence-corrected chi connectivity index (χ1v) is 5.52. The van der Waals surface area contributed by atoms with Crippen LogP contribution in [0.5, 0.6) is 0 Å². The molecule has 0 fully saturated rings. The van der Waals surface area contributed by atoms with Gasteiger partial charge in [0.15, 0.2) is 0 Å². The lowest BCUT2D eigenvalue weighted by Crippen LogP contribution is -2.04. The molecule has 0 aromatic rings. The second kappa shape index (κ2) is 5.64. The van der Waals surface area contributed by atoms with Crippen molar-refractivity contribution in [1.82, 2.24) is 0 Å². The molecule has 0 unspecified atom stereocenters. The highest BCUT2D eigenvalue weighted by atomic mass is 15.2. The minimum absolute atomic E-state index is 0.348. The lowest BCUT2D eigenvalue weighted by atomic mass is 10.1. The molecule has 1 rings (SSSR count). The van der Waals surface area contributed by atoms with E-state index in [-0.39, 0.29) is 0 Å². The van der Waals surface area contributed by atoms with Crippen molar-refractivity contribution in [3.05, 3.63) is 24.3 Å². The predicted octanol–water partition coefficient (Wildman–Crippen LogP) is 3.61. The minimum atomic E-state index is 0.348. The zero-order valence-electron chi connectivity index (χ0n) is 10.1. The highest BCUT2D eigenvalue weighted by molar-refractivity contribution is 5.89. The van der Waals surface area contributed by atoms with E-state index in [1.165, 1.54) is 0 Å². The molecule has 0 saturated carbocycles. The Morgan fingerprint density at radius 1 is 1.13 bits per heavy atom. The van der Waals surface area contributed by atoms with Gasteiger partial charge in [0.25, 0.3) is 0 Å². The third-order valence-corrected chi connectivity index (χ3v) is 2.31. The first kappa shape index (κ1) is 11.9. The topological polar surface area (TPSA) is 24.7 Å². The minimum Gasteiger partial charge on any atom is -0.160 e. The summed E-state index contributed by atoms with van der Waals surface area (Å²) in [5.41, 5.74) is 2.17. The van der Waals surface area contributed by atoms with Gasteiger partial charge in [0.05, 0.1) is 0 Å². The van der Waals surface area contributed by atoms with Gasteiger partial charge in [-0.1, -0.05) is 38.2 Å². The van der Waals surface area contributed by atoms with Gasteiger partial charge in [0.2, 0.25) is 0 Å². The van der Waals surface area contributed by atoms with E-state index in [1.807, 2.05) is 26.0 Å². The molecule has 2 heteroatoms. The van der Waals surface area contributed by atoms with Crippen LogP contribution in [-0.4, -0.2) is 11.4 Å². The Balaban J connectivity index is 2.55. The van der Waals surface area contributed by atoms with Crippen molar-refractivity contribution in [2.24, 2.45) is 22.0 Å². The van der Waals surface area contributed by atoms with Crippen molar-refractivity contribution < 1.29 is 0 Å². The van der Waals surface area contributed by atoms with Crippen LogP contribution in [0.3, 0.4) is 0 Å². The smallest absolute Gasteiger partial charge is 0.0481 e. The van der Waals surface area contributed by atoms with Gasteiger partial charge in [0.1, 0.15) is 0 Å².